The molecule has 5 rings (SSSR count). The summed E-state index contributed by atoms with van der Waals surface area (Å²) in [5.74, 6) is -4.52. The molecule has 3 heterocycles. The van der Waals surface area contributed by atoms with Gasteiger partial charge < -0.3 is 20.1 Å². The Morgan fingerprint density at radius 2 is 1.84 bits per heavy atom. The minimum atomic E-state index is -1.31. The highest BCUT2D eigenvalue weighted by molar-refractivity contribution is 8.00. The van der Waals surface area contributed by atoms with Gasteiger partial charge in [0.1, 0.15) is 17.5 Å². The Kier molecular flexibility index (Phi) is 7.23. The van der Waals surface area contributed by atoms with Gasteiger partial charge in [0, 0.05) is 22.0 Å². The molecule has 2 aliphatic heterocycles. The maximum absolute atomic E-state index is 13.3. The summed E-state index contributed by atoms with van der Waals surface area (Å²) in [4.78, 5) is 66.1. The molecule has 1 aromatic heterocycles. The first-order valence-corrected chi connectivity index (χ1v) is 13.5. The number of carboxylic acids is 1. The average Bonchev–Trinajstić information content (AvgIpc) is 3.35. The van der Waals surface area contributed by atoms with E-state index in [2.05, 4.69) is 10.3 Å². The maximum Gasteiger partial charge on any atom is 0.323 e. The number of rotatable bonds is 7. The summed E-state index contributed by atoms with van der Waals surface area (Å²) in [6, 6.07) is 11.3. The van der Waals surface area contributed by atoms with E-state index < -0.39 is 47.3 Å². The highest BCUT2D eigenvalue weighted by Gasteiger charge is 2.56. The molecule has 196 valence electrons. The maximum atomic E-state index is 13.3. The number of anilines is 1. The van der Waals surface area contributed by atoms with Crippen LogP contribution in [-0.4, -0.2) is 57.1 Å². The molecular formula is C24H17Cl2N3O7S2. The van der Waals surface area contributed by atoms with E-state index in [1.165, 1.54) is 6.07 Å². The summed E-state index contributed by atoms with van der Waals surface area (Å²) in [7, 11) is 0. The van der Waals surface area contributed by atoms with Gasteiger partial charge >= 0.3 is 10.8 Å². The second-order valence-electron chi connectivity index (χ2n) is 8.41. The zero-order valence-corrected chi connectivity index (χ0v) is 22.2. The van der Waals surface area contributed by atoms with Crippen molar-refractivity contribution < 1.29 is 29.0 Å². The van der Waals surface area contributed by atoms with Crippen molar-refractivity contribution in [1.29, 1.82) is 0 Å². The predicted molar refractivity (Wildman–Crippen MR) is 141 cm³/mol. The van der Waals surface area contributed by atoms with Crippen molar-refractivity contribution in [1.82, 2.24) is 9.88 Å². The van der Waals surface area contributed by atoms with Crippen LogP contribution in [0.2, 0.25) is 10.0 Å². The molecule has 14 heteroatoms. The molecule has 10 nitrogen and oxygen atoms in total. The fourth-order valence-corrected chi connectivity index (χ4v) is 7.31. The zero-order chi connectivity index (χ0) is 27.1. The Labute approximate surface area is 232 Å². The minimum absolute atomic E-state index is 0.273. The fraction of sp³-hybridized carbons (Fsp3) is 0.208. The van der Waals surface area contributed by atoms with Crippen molar-refractivity contribution in [2.45, 2.75) is 16.2 Å². The molecule has 2 aliphatic rings. The number of imide groups is 1. The smallest absolute Gasteiger partial charge is 0.323 e. The Bertz CT molecular complexity index is 1540. The molecule has 0 unspecified atom stereocenters. The van der Waals surface area contributed by atoms with E-state index >= 15 is 0 Å². The van der Waals surface area contributed by atoms with E-state index in [0.29, 0.717) is 26.2 Å². The summed E-state index contributed by atoms with van der Waals surface area (Å²) < 4.78 is 5.84. The number of halogens is 2. The second-order valence-corrected chi connectivity index (χ2v) is 11.4. The number of carbonyl (C=O) groups excluding carboxylic acids is 3. The first kappa shape index (κ1) is 26.3. The van der Waals surface area contributed by atoms with Crippen LogP contribution in [0.3, 0.4) is 0 Å². The largest absolute Gasteiger partial charge is 0.483 e. The third-order valence-corrected chi connectivity index (χ3v) is 9.16. The number of hydrogen-bond donors (Lipinski definition) is 3. The van der Waals surface area contributed by atoms with Gasteiger partial charge in [0.15, 0.2) is 6.61 Å². The van der Waals surface area contributed by atoms with Crippen molar-refractivity contribution >= 4 is 75.7 Å². The summed E-state index contributed by atoms with van der Waals surface area (Å²) in [5, 5.41) is 12.0. The number of fused-ring (bicyclic) bond motifs is 2. The van der Waals surface area contributed by atoms with Crippen molar-refractivity contribution in [2.75, 3.05) is 18.5 Å². The number of H-pyrrole nitrogens is 1. The number of hydrogen-bond acceptors (Lipinski definition) is 8. The molecule has 2 aromatic carbocycles. The third-order valence-electron chi connectivity index (χ3n) is 6.02. The lowest BCUT2D eigenvalue weighted by Gasteiger charge is -2.30. The molecule has 3 atom stereocenters. The molecule has 0 saturated carbocycles. The van der Waals surface area contributed by atoms with Crippen LogP contribution in [-0.2, 0) is 19.2 Å². The van der Waals surface area contributed by atoms with Gasteiger partial charge in [-0.3, -0.25) is 28.9 Å². The van der Waals surface area contributed by atoms with Crippen molar-refractivity contribution in [3.05, 3.63) is 72.6 Å². The first-order valence-electron chi connectivity index (χ1n) is 11.1. The first-order chi connectivity index (χ1) is 18.1. The molecule has 3 amide bonds. The SMILES string of the molecule is O=C(O)CN1C(=O)[C@@H]2[C@H](c3ccccc3OCC(=O)Nc3ccc(Cl)c(Cl)c3)c3sc(=O)[nH]c3S[C@@H]2C1=O. The number of aliphatic carboxylic acids is 1. The number of benzene rings is 2. The van der Waals surface area contributed by atoms with Crippen LogP contribution in [0.5, 0.6) is 5.75 Å². The van der Waals surface area contributed by atoms with Crippen LogP contribution in [0.1, 0.15) is 16.4 Å². The number of nitrogens with zero attached hydrogens (tertiary/aromatic N) is 1. The highest BCUT2D eigenvalue weighted by atomic mass is 35.5. The predicted octanol–water partition coefficient (Wildman–Crippen LogP) is 3.44. The van der Waals surface area contributed by atoms with Gasteiger partial charge in [0.25, 0.3) is 5.91 Å². The molecule has 1 saturated heterocycles. The fourth-order valence-electron chi connectivity index (χ4n) is 4.48. The number of carbonyl (C=O) groups is 4. The number of aromatic amines is 1. The molecular weight excluding hydrogens is 577 g/mol. The Hall–Kier alpha value is -3.32. The van der Waals surface area contributed by atoms with Crippen LogP contribution < -0.4 is 14.9 Å². The number of amides is 3. The molecule has 1 fully saturated rings. The lowest BCUT2D eigenvalue weighted by molar-refractivity contribution is -0.149. The van der Waals surface area contributed by atoms with Crippen molar-refractivity contribution in [2.24, 2.45) is 5.92 Å². The van der Waals surface area contributed by atoms with E-state index in [0.717, 1.165) is 28.0 Å². The van der Waals surface area contributed by atoms with E-state index in [1.54, 1.807) is 36.4 Å². The summed E-state index contributed by atoms with van der Waals surface area (Å²) in [6.45, 7) is -1.14. The molecule has 0 aliphatic carbocycles. The molecule has 0 bridgehead atoms. The molecule has 38 heavy (non-hydrogen) atoms. The lowest BCUT2D eigenvalue weighted by atomic mass is 9.82. The lowest BCUT2D eigenvalue weighted by Crippen LogP contribution is -2.36. The van der Waals surface area contributed by atoms with Crippen LogP contribution in [0.25, 0.3) is 0 Å². The van der Waals surface area contributed by atoms with Gasteiger partial charge in [-0.2, -0.15) is 0 Å². The summed E-state index contributed by atoms with van der Waals surface area (Å²) in [5.41, 5.74) is 0.906. The molecule has 0 radical (unpaired) electrons. The number of nitrogens with one attached hydrogen (secondary N) is 2. The highest BCUT2D eigenvalue weighted by Crippen LogP contribution is 2.53. The number of ether oxygens (including phenoxy) is 1. The Morgan fingerprint density at radius 1 is 1.08 bits per heavy atom. The van der Waals surface area contributed by atoms with Crippen LogP contribution in [0.4, 0.5) is 5.69 Å². The van der Waals surface area contributed by atoms with Gasteiger partial charge in [-0.05, 0) is 24.3 Å². The van der Waals surface area contributed by atoms with Gasteiger partial charge in [0.2, 0.25) is 11.8 Å². The van der Waals surface area contributed by atoms with Crippen molar-refractivity contribution in [3.63, 3.8) is 0 Å². The normalized spacial score (nSPS) is 20.2. The van der Waals surface area contributed by atoms with E-state index in [9.17, 15) is 29.1 Å². The third kappa shape index (κ3) is 4.92. The molecule has 3 aromatic rings. The number of aromatic nitrogens is 1. The van der Waals surface area contributed by atoms with Crippen LogP contribution >= 0.6 is 46.3 Å². The van der Waals surface area contributed by atoms with Gasteiger partial charge in [-0.15, -0.1) is 0 Å². The van der Waals surface area contributed by atoms with Gasteiger partial charge in [0.05, 0.1) is 21.0 Å². The topological polar surface area (TPSA) is 146 Å². The van der Waals surface area contributed by atoms with Crippen LogP contribution in [0, 0.1) is 5.92 Å². The van der Waals surface area contributed by atoms with E-state index in [1.807, 2.05) is 0 Å². The second kappa shape index (κ2) is 10.4. The number of thioether (sulfide) groups is 1. The minimum Gasteiger partial charge on any atom is -0.483 e. The number of para-hydroxylation sites is 1. The average molecular weight is 594 g/mol. The summed E-state index contributed by atoms with van der Waals surface area (Å²) in [6.07, 6.45) is 0. The Morgan fingerprint density at radius 3 is 2.58 bits per heavy atom. The number of carboxylic acid groups (broad SMARTS) is 1. The van der Waals surface area contributed by atoms with E-state index in [4.69, 9.17) is 27.9 Å². The monoisotopic (exact) mass is 593 g/mol. The Balaban J connectivity index is 1.45. The summed E-state index contributed by atoms with van der Waals surface area (Å²) >= 11 is 13.9. The van der Waals surface area contributed by atoms with Gasteiger partial charge in [-0.25, -0.2) is 0 Å². The quantitative estimate of drug-likeness (QED) is 0.353. The van der Waals surface area contributed by atoms with Crippen molar-refractivity contribution in [3.8, 4) is 5.75 Å². The number of likely N-dealkylation sites (tertiary alicyclic amines) is 1. The van der Waals surface area contributed by atoms with E-state index in [-0.39, 0.29) is 22.3 Å². The van der Waals surface area contributed by atoms with Crippen LogP contribution in [0.15, 0.2) is 52.3 Å². The van der Waals surface area contributed by atoms with Gasteiger partial charge in [-0.1, -0.05) is 64.5 Å². The molecule has 0 spiro atoms. The number of thiazole rings is 1. The zero-order valence-electron chi connectivity index (χ0n) is 19.1. The standard InChI is InChI=1S/C24H17Cl2N3O7S2/c25-12-6-5-10(7-13(12)26)27-15(30)9-36-14-4-2-1-3-11(14)17-18-20(37-21-19(17)38-24(35)28-21)23(34)29(22(18)33)8-16(31)32/h1-7,17-18,20H,8-9H2,(H,27,30)(H,28,35)(H,31,32)/t17-,18+,20-/m0/s1. The molecule has 3 N–H and O–H groups in total.